The zero-order valence-corrected chi connectivity index (χ0v) is 15.6. The summed E-state index contributed by atoms with van der Waals surface area (Å²) in [5.74, 6) is 2.57. The lowest BCUT2D eigenvalue weighted by molar-refractivity contribution is 0.172. The number of thiophene rings is 1. The molecule has 1 N–H and O–H groups in total. The Morgan fingerprint density at radius 3 is 2.65 bits per heavy atom. The number of hydrogen-bond donors (Lipinski definition) is 1. The average Bonchev–Trinajstić information content (AvgIpc) is 2.74. The van der Waals surface area contributed by atoms with Crippen LogP contribution in [-0.4, -0.2) is 6.54 Å². The molecule has 20 heavy (non-hydrogen) atoms. The van der Waals surface area contributed by atoms with Crippen molar-refractivity contribution in [1.29, 1.82) is 0 Å². The van der Waals surface area contributed by atoms with Crippen molar-refractivity contribution in [2.24, 2.45) is 17.8 Å². The molecule has 1 aromatic rings. The van der Waals surface area contributed by atoms with E-state index in [1.54, 1.807) is 0 Å². The Morgan fingerprint density at radius 2 is 2.10 bits per heavy atom. The molecule has 0 saturated heterocycles. The maximum atomic E-state index is 3.82. The first kappa shape index (κ1) is 16.5. The molecule has 1 aliphatic carbocycles. The SMILES string of the molecule is CCCNC(c1cc(C)c(Br)s1)C1CCC(C)C(C)C1. The number of halogens is 1. The van der Waals surface area contributed by atoms with E-state index >= 15 is 0 Å². The van der Waals surface area contributed by atoms with Gasteiger partial charge in [-0.1, -0.05) is 27.2 Å². The number of hydrogen-bond acceptors (Lipinski definition) is 2. The first-order chi connectivity index (χ1) is 9.52. The maximum absolute atomic E-state index is 3.82. The van der Waals surface area contributed by atoms with Crippen LogP contribution in [-0.2, 0) is 0 Å². The van der Waals surface area contributed by atoms with Gasteiger partial charge in [0.1, 0.15) is 0 Å². The van der Waals surface area contributed by atoms with Crippen LogP contribution < -0.4 is 5.32 Å². The molecule has 1 heterocycles. The molecule has 0 spiro atoms. The van der Waals surface area contributed by atoms with Gasteiger partial charge in [0, 0.05) is 10.9 Å². The van der Waals surface area contributed by atoms with E-state index in [4.69, 9.17) is 0 Å². The molecule has 114 valence electrons. The highest BCUT2D eigenvalue weighted by Gasteiger charge is 2.31. The molecule has 1 nitrogen and oxygen atoms in total. The zero-order valence-electron chi connectivity index (χ0n) is 13.2. The van der Waals surface area contributed by atoms with E-state index in [0.717, 1.165) is 24.3 Å². The van der Waals surface area contributed by atoms with E-state index in [9.17, 15) is 0 Å². The van der Waals surface area contributed by atoms with E-state index in [-0.39, 0.29) is 0 Å². The van der Waals surface area contributed by atoms with Crippen molar-refractivity contribution in [1.82, 2.24) is 5.32 Å². The highest BCUT2D eigenvalue weighted by Crippen LogP contribution is 2.42. The van der Waals surface area contributed by atoms with E-state index in [1.807, 2.05) is 11.3 Å². The summed E-state index contributed by atoms with van der Waals surface area (Å²) in [6.45, 7) is 10.4. The van der Waals surface area contributed by atoms with Crippen molar-refractivity contribution in [2.45, 2.75) is 59.4 Å². The summed E-state index contributed by atoms with van der Waals surface area (Å²) in [5.41, 5.74) is 1.38. The van der Waals surface area contributed by atoms with Crippen molar-refractivity contribution >= 4 is 27.3 Å². The molecule has 0 aromatic carbocycles. The summed E-state index contributed by atoms with van der Waals surface area (Å²) < 4.78 is 1.30. The topological polar surface area (TPSA) is 12.0 Å². The van der Waals surface area contributed by atoms with Crippen LogP contribution in [0.2, 0.25) is 0 Å². The molecule has 1 fully saturated rings. The number of aryl methyl sites for hydroxylation is 1. The van der Waals surface area contributed by atoms with Gasteiger partial charge >= 0.3 is 0 Å². The van der Waals surface area contributed by atoms with Crippen LogP contribution in [0.3, 0.4) is 0 Å². The minimum absolute atomic E-state index is 0.555. The normalized spacial score (nSPS) is 28.6. The zero-order chi connectivity index (χ0) is 14.7. The average molecular weight is 358 g/mol. The van der Waals surface area contributed by atoms with Gasteiger partial charge in [0.25, 0.3) is 0 Å². The van der Waals surface area contributed by atoms with Gasteiger partial charge in [0.05, 0.1) is 3.79 Å². The fourth-order valence-corrected chi connectivity index (χ4v) is 5.07. The van der Waals surface area contributed by atoms with Gasteiger partial charge in [-0.15, -0.1) is 11.3 Å². The maximum Gasteiger partial charge on any atom is 0.0731 e. The predicted molar refractivity (Wildman–Crippen MR) is 93.5 cm³/mol. The first-order valence-corrected chi connectivity index (χ1v) is 9.63. The first-order valence-electron chi connectivity index (χ1n) is 8.02. The van der Waals surface area contributed by atoms with Crippen molar-refractivity contribution in [2.75, 3.05) is 6.54 Å². The van der Waals surface area contributed by atoms with Crippen molar-refractivity contribution < 1.29 is 0 Å². The minimum atomic E-state index is 0.555. The molecule has 1 aromatic heterocycles. The van der Waals surface area contributed by atoms with Crippen LogP contribution in [0.15, 0.2) is 9.85 Å². The second-order valence-corrected chi connectivity index (χ2v) is 8.97. The third kappa shape index (κ3) is 3.86. The summed E-state index contributed by atoms with van der Waals surface area (Å²) in [6, 6.07) is 2.94. The predicted octanol–water partition coefficient (Wildman–Crippen LogP) is 5.93. The fourth-order valence-electron chi connectivity index (χ4n) is 3.33. The second kappa shape index (κ2) is 7.42. The molecule has 4 unspecified atom stereocenters. The Labute approximate surface area is 136 Å². The molecule has 2 rings (SSSR count). The van der Waals surface area contributed by atoms with E-state index < -0.39 is 0 Å². The molecule has 0 amide bonds. The Balaban J connectivity index is 2.14. The fraction of sp³-hybridized carbons (Fsp3) is 0.765. The van der Waals surface area contributed by atoms with Crippen LogP contribution >= 0.6 is 27.3 Å². The molecule has 1 saturated carbocycles. The molecular weight excluding hydrogens is 330 g/mol. The minimum Gasteiger partial charge on any atom is -0.309 e. The summed E-state index contributed by atoms with van der Waals surface area (Å²) in [4.78, 5) is 1.52. The van der Waals surface area contributed by atoms with Crippen LogP contribution in [0.1, 0.15) is 62.9 Å². The van der Waals surface area contributed by atoms with Crippen LogP contribution in [0.25, 0.3) is 0 Å². The van der Waals surface area contributed by atoms with Gasteiger partial charge in [-0.25, -0.2) is 0 Å². The molecule has 0 aliphatic heterocycles. The van der Waals surface area contributed by atoms with Crippen molar-refractivity contribution in [3.05, 3.63) is 20.3 Å². The number of nitrogens with one attached hydrogen (secondary N) is 1. The lowest BCUT2D eigenvalue weighted by atomic mass is 9.73. The lowest BCUT2D eigenvalue weighted by Gasteiger charge is -2.37. The Bertz CT molecular complexity index is 409. The lowest BCUT2D eigenvalue weighted by Crippen LogP contribution is -2.33. The number of rotatable bonds is 5. The summed E-state index contributed by atoms with van der Waals surface area (Å²) >= 11 is 5.61. The molecule has 1 aliphatic rings. The highest BCUT2D eigenvalue weighted by molar-refractivity contribution is 9.11. The van der Waals surface area contributed by atoms with Crippen LogP contribution in [0.5, 0.6) is 0 Å². The summed E-state index contributed by atoms with van der Waals surface area (Å²) in [6.07, 6.45) is 5.35. The third-order valence-electron chi connectivity index (χ3n) is 4.91. The summed E-state index contributed by atoms with van der Waals surface area (Å²) in [5, 5.41) is 3.82. The Kier molecular flexibility index (Phi) is 6.12. The Morgan fingerprint density at radius 1 is 1.35 bits per heavy atom. The molecule has 0 radical (unpaired) electrons. The largest absolute Gasteiger partial charge is 0.309 e. The van der Waals surface area contributed by atoms with Gasteiger partial charge in [0.2, 0.25) is 0 Å². The molecule has 4 atom stereocenters. The van der Waals surface area contributed by atoms with E-state index in [0.29, 0.717) is 6.04 Å². The highest BCUT2D eigenvalue weighted by atomic mass is 79.9. The van der Waals surface area contributed by atoms with Crippen molar-refractivity contribution in [3.63, 3.8) is 0 Å². The van der Waals surface area contributed by atoms with Crippen LogP contribution in [0.4, 0.5) is 0 Å². The molecule has 3 heteroatoms. The van der Waals surface area contributed by atoms with Gasteiger partial charge in [-0.2, -0.15) is 0 Å². The van der Waals surface area contributed by atoms with Gasteiger partial charge in [-0.05, 0) is 78.0 Å². The quantitative estimate of drug-likeness (QED) is 0.688. The van der Waals surface area contributed by atoms with Gasteiger partial charge in [-0.3, -0.25) is 0 Å². The Hall–Kier alpha value is 0.140. The van der Waals surface area contributed by atoms with E-state index in [1.165, 1.54) is 39.9 Å². The van der Waals surface area contributed by atoms with Crippen molar-refractivity contribution in [3.8, 4) is 0 Å². The van der Waals surface area contributed by atoms with Crippen LogP contribution in [0, 0.1) is 24.7 Å². The monoisotopic (exact) mass is 357 g/mol. The standard InChI is InChI=1S/C17H28BrNS/c1-5-8-19-16(15-10-13(4)17(18)20-15)14-7-6-11(2)12(3)9-14/h10-12,14,16,19H,5-9H2,1-4H3. The molecular formula is C17H28BrNS. The smallest absolute Gasteiger partial charge is 0.0731 e. The van der Waals surface area contributed by atoms with Gasteiger partial charge in [0.15, 0.2) is 0 Å². The van der Waals surface area contributed by atoms with E-state index in [2.05, 4.69) is 55.0 Å². The third-order valence-corrected chi connectivity index (χ3v) is 7.13. The second-order valence-electron chi connectivity index (χ2n) is 6.56. The molecule has 0 bridgehead atoms. The summed E-state index contributed by atoms with van der Waals surface area (Å²) in [7, 11) is 0. The van der Waals surface area contributed by atoms with Gasteiger partial charge < -0.3 is 5.32 Å².